The van der Waals surface area contributed by atoms with Gasteiger partial charge in [0.15, 0.2) is 0 Å². The number of amides is 1. The summed E-state index contributed by atoms with van der Waals surface area (Å²) in [6.07, 6.45) is 4.92. The minimum Gasteiger partial charge on any atom is -0.323 e. The van der Waals surface area contributed by atoms with Crippen LogP contribution in [0.4, 0.5) is 5.69 Å². The molecule has 1 fully saturated rings. The summed E-state index contributed by atoms with van der Waals surface area (Å²) in [5.41, 5.74) is 1.67. The van der Waals surface area contributed by atoms with E-state index in [4.69, 9.17) is 0 Å². The molecule has 1 amide bonds. The number of nitrogens with one attached hydrogen (secondary N) is 3. The van der Waals surface area contributed by atoms with Gasteiger partial charge in [-0.25, -0.2) is 0 Å². The van der Waals surface area contributed by atoms with E-state index in [2.05, 4.69) is 20.8 Å². The van der Waals surface area contributed by atoms with Crippen LogP contribution in [0, 0.1) is 0 Å². The van der Waals surface area contributed by atoms with E-state index in [-0.39, 0.29) is 11.9 Å². The summed E-state index contributed by atoms with van der Waals surface area (Å²) in [5.74, 6) is 0.0387. The molecule has 3 rings (SSSR count). The standard InChI is InChI=1S/C13H16N4O/c18-13(11-5-1-2-7-14-11)16-10-6-3-4-9-8-15-17-12(9)10/h3-4,6,8,11,14H,1-2,5,7H2,(H,15,17)(H,16,18)/t11-/m0/s1. The van der Waals surface area contributed by atoms with Crippen LogP contribution < -0.4 is 10.6 Å². The maximum Gasteiger partial charge on any atom is 0.241 e. The van der Waals surface area contributed by atoms with E-state index in [1.807, 2.05) is 18.2 Å². The molecule has 0 spiro atoms. The zero-order chi connectivity index (χ0) is 12.4. The molecule has 0 unspecified atom stereocenters. The van der Waals surface area contributed by atoms with Crippen molar-refractivity contribution < 1.29 is 4.79 Å². The van der Waals surface area contributed by atoms with E-state index < -0.39 is 0 Å². The van der Waals surface area contributed by atoms with Gasteiger partial charge in [-0.05, 0) is 25.5 Å². The number of para-hydroxylation sites is 1. The van der Waals surface area contributed by atoms with Gasteiger partial charge in [0.25, 0.3) is 0 Å². The first kappa shape index (κ1) is 11.2. The number of carbonyl (C=O) groups excluding carboxylic acids is 1. The molecule has 5 heteroatoms. The van der Waals surface area contributed by atoms with Gasteiger partial charge < -0.3 is 10.6 Å². The number of hydrogen-bond acceptors (Lipinski definition) is 3. The molecule has 1 aromatic carbocycles. The number of aromatic amines is 1. The van der Waals surface area contributed by atoms with E-state index in [9.17, 15) is 4.79 Å². The van der Waals surface area contributed by atoms with Gasteiger partial charge in [-0.2, -0.15) is 5.10 Å². The molecule has 3 N–H and O–H groups in total. The van der Waals surface area contributed by atoms with Crippen molar-refractivity contribution in [2.24, 2.45) is 0 Å². The summed E-state index contributed by atoms with van der Waals surface area (Å²) in [7, 11) is 0. The van der Waals surface area contributed by atoms with E-state index in [1.165, 1.54) is 0 Å². The normalized spacial score (nSPS) is 19.9. The third-order valence-corrected chi connectivity index (χ3v) is 3.36. The molecule has 18 heavy (non-hydrogen) atoms. The van der Waals surface area contributed by atoms with Crippen LogP contribution in [0.3, 0.4) is 0 Å². The van der Waals surface area contributed by atoms with Crippen molar-refractivity contribution in [3.63, 3.8) is 0 Å². The fourth-order valence-corrected chi connectivity index (χ4v) is 2.37. The van der Waals surface area contributed by atoms with Gasteiger partial charge in [0.1, 0.15) is 0 Å². The second kappa shape index (κ2) is 4.78. The lowest BCUT2D eigenvalue weighted by Gasteiger charge is -2.22. The second-order valence-electron chi connectivity index (χ2n) is 4.63. The zero-order valence-corrected chi connectivity index (χ0v) is 10.1. The maximum atomic E-state index is 12.1. The highest BCUT2D eigenvalue weighted by atomic mass is 16.2. The van der Waals surface area contributed by atoms with Crippen molar-refractivity contribution in [1.82, 2.24) is 15.5 Å². The molecule has 2 heterocycles. The van der Waals surface area contributed by atoms with Gasteiger partial charge >= 0.3 is 0 Å². The number of fused-ring (bicyclic) bond motifs is 1. The van der Waals surface area contributed by atoms with Crippen LogP contribution in [-0.2, 0) is 4.79 Å². The lowest BCUT2D eigenvalue weighted by atomic mass is 10.0. The van der Waals surface area contributed by atoms with E-state index in [1.54, 1.807) is 6.20 Å². The van der Waals surface area contributed by atoms with Gasteiger partial charge in [-0.15, -0.1) is 0 Å². The lowest BCUT2D eigenvalue weighted by Crippen LogP contribution is -2.43. The molecule has 1 aromatic heterocycles. The summed E-state index contributed by atoms with van der Waals surface area (Å²) in [6.45, 7) is 0.923. The second-order valence-corrected chi connectivity index (χ2v) is 4.63. The zero-order valence-electron chi connectivity index (χ0n) is 10.1. The van der Waals surface area contributed by atoms with E-state index >= 15 is 0 Å². The Morgan fingerprint density at radius 3 is 3.17 bits per heavy atom. The molecule has 1 aliphatic heterocycles. The number of anilines is 1. The molecule has 5 nitrogen and oxygen atoms in total. The summed E-state index contributed by atoms with van der Waals surface area (Å²) in [5, 5.41) is 14.1. The highest BCUT2D eigenvalue weighted by Crippen LogP contribution is 2.21. The van der Waals surface area contributed by atoms with Crippen LogP contribution in [0.1, 0.15) is 19.3 Å². The predicted octanol–water partition coefficient (Wildman–Crippen LogP) is 1.64. The molecular weight excluding hydrogens is 228 g/mol. The fourth-order valence-electron chi connectivity index (χ4n) is 2.37. The van der Waals surface area contributed by atoms with Crippen LogP contribution in [0.15, 0.2) is 24.4 Å². The van der Waals surface area contributed by atoms with Gasteiger partial charge in [-0.3, -0.25) is 9.89 Å². The topological polar surface area (TPSA) is 69.8 Å². The van der Waals surface area contributed by atoms with Crippen molar-refractivity contribution in [3.05, 3.63) is 24.4 Å². The molecule has 0 radical (unpaired) electrons. The summed E-state index contributed by atoms with van der Waals surface area (Å²) in [4.78, 5) is 12.1. The number of rotatable bonds is 2. The molecule has 0 saturated carbocycles. The molecule has 1 atom stereocenters. The smallest absolute Gasteiger partial charge is 0.241 e. The number of aromatic nitrogens is 2. The molecule has 0 bridgehead atoms. The monoisotopic (exact) mass is 244 g/mol. The quantitative estimate of drug-likeness (QED) is 0.752. The predicted molar refractivity (Wildman–Crippen MR) is 70.4 cm³/mol. The Morgan fingerprint density at radius 2 is 2.33 bits per heavy atom. The molecule has 2 aromatic rings. The summed E-state index contributed by atoms with van der Waals surface area (Å²) < 4.78 is 0. The Bertz CT molecular complexity index is 557. The summed E-state index contributed by atoms with van der Waals surface area (Å²) >= 11 is 0. The van der Waals surface area contributed by atoms with E-state index in [0.29, 0.717) is 0 Å². The number of H-pyrrole nitrogens is 1. The Kier molecular flexibility index (Phi) is 2.98. The van der Waals surface area contributed by atoms with Gasteiger partial charge in [0.2, 0.25) is 5.91 Å². The van der Waals surface area contributed by atoms with Crippen molar-refractivity contribution in [2.75, 3.05) is 11.9 Å². The third kappa shape index (κ3) is 2.09. The minimum atomic E-state index is -0.0723. The molecule has 94 valence electrons. The van der Waals surface area contributed by atoms with Crippen LogP contribution in [0.25, 0.3) is 10.9 Å². The van der Waals surface area contributed by atoms with Gasteiger partial charge in [0.05, 0.1) is 23.4 Å². The first-order valence-corrected chi connectivity index (χ1v) is 6.31. The van der Waals surface area contributed by atoms with Crippen molar-refractivity contribution in [1.29, 1.82) is 0 Å². The Hall–Kier alpha value is -1.88. The minimum absolute atomic E-state index is 0.0387. The number of hydrogen-bond donors (Lipinski definition) is 3. The van der Waals surface area contributed by atoms with Crippen molar-refractivity contribution >= 4 is 22.5 Å². The highest BCUT2D eigenvalue weighted by molar-refractivity contribution is 6.02. The van der Waals surface area contributed by atoms with Crippen LogP contribution in [0.5, 0.6) is 0 Å². The molecule has 0 aliphatic carbocycles. The van der Waals surface area contributed by atoms with Crippen molar-refractivity contribution in [2.45, 2.75) is 25.3 Å². The molecular formula is C13H16N4O. The summed E-state index contributed by atoms with van der Waals surface area (Å²) in [6, 6.07) is 5.70. The van der Waals surface area contributed by atoms with Crippen LogP contribution >= 0.6 is 0 Å². The van der Waals surface area contributed by atoms with Crippen LogP contribution in [0.2, 0.25) is 0 Å². The lowest BCUT2D eigenvalue weighted by molar-refractivity contribution is -0.118. The average molecular weight is 244 g/mol. The third-order valence-electron chi connectivity index (χ3n) is 3.36. The van der Waals surface area contributed by atoms with E-state index in [0.717, 1.165) is 42.4 Å². The highest BCUT2D eigenvalue weighted by Gasteiger charge is 2.20. The van der Waals surface area contributed by atoms with Crippen molar-refractivity contribution in [3.8, 4) is 0 Å². The molecule has 1 saturated heterocycles. The fraction of sp³-hybridized carbons (Fsp3) is 0.385. The Balaban J connectivity index is 1.79. The number of piperidine rings is 1. The van der Waals surface area contributed by atoms with Gasteiger partial charge in [-0.1, -0.05) is 18.6 Å². The average Bonchev–Trinajstić information content (AvgIpc) is 2.89. The largest absolute Gasteiger partial charge is 0.323 e. The number of carbonyl (C=O) groups is 1. The van der Waals surface area contributed by atoms with Gasteiger partial charge in [0, 0.05) is 5.39 Å². The Morgan fingerprint density at radius 1 is 1.39 bits per heavy atom. The molecule has 1 aliphatic rings. The number of nitrogens with zero attached hydrogens (tertiary/aromatic N) is 1. The first-order valence-electron chi connectivity index (χ1n) is 6.31. The SMILES string of the molecule is O=C(Nc1cccc2cn[nH]c12)[C@@H]1CCCCN1. The maximum absolute atomic E-state index is 12.1. The Labute approximate surface area is 105 Å². The first-order chi connectivity index (χ1) is 8.84. The van der Waals surface area contributed by atoms with Crippen LogP contribution in [-0.4, -0.2) is 28.7 Å². The number of benzene rings is 1.